The number of sulfonamides is 1. The highest BCUT2D eigenvalue weighted by atomic mass is 32.2. The van der Waals surface area contributed by atoms with Crippen molar-refractivity contribution < 1.29 is 49.8 Å². The number of carbonyl (C=O) groups is 2. The van der Waals surface area contributed by atoms with Crippen molar-refractivity contribution in [2.24, 2.45) is 5.73 Å². The first-order valence-electron chi connectivity index (χ1n) is 16.7. The van der Waals surface area contributed by atoms with Gasteiger partial charge in [-0.2, -0.15) is 26.7 Å². The third-order valence-corrected chi connectivity index (χ3v) is 10.4. The second-order valence-electron chi connectivity index (χ2n) is 12.8. The monoisotopic (exact) mass is 747 g/mol. The lowest BCUT2D eigenvalue weighted by atomic mass is 9.95. The molecule has 2 fully saturated rings. The van der Waals surface area contributed by atoms with Crippen LogP contribution in [0.25, 0.3) is 21.9 Å². The summed E-state index contributed by atoms with van der Waals surface area (Å²) in [4.78, 5) is 23.7. The van der Waals surface area contributed by atoms with E-state index in [1.807, 2.05) is 12.1 Å². The minimum atomic E-state index is -5.08. The van der Waals surface area contributed by atoms with Crippen LogP contribution in [-0.4, -0.2) is 67.8 Å². The van der Waals surface area contributed by atoms with Crippen LogP contribution < -0.4 is 15.2 Å². The normalized spacial score (nSPS) is 16.6. The van der Waals surface area contributed by atoms with Gasteiger partial charge in [0.2, 0.25) is 15.9 Å². The molecule has 15 heteroatoms. The Kier molecular flexibility index (Phi) is 11.9. The van der Waals surface area contributed by atoms with Crippen LogP contribution in [0.4, 0.5) is 22.0 Å². The van der Waals surface area contributed by atoms with Crippen molar-refractivity contribution in [1.82, 2.24) is 9.62 Å². The number of benzene rings is 4. The summed E-state index contributed by atoms with van der Waals surface area (Å²) >= 11 is 0. The Morgan fingerprint density at radius 2 is 1.40 bits per heavy atom. The van der Waals surface area contributed by atoms with Gasteiger partial charge in [0.1, 0.15) is 5.75 Å². The van der Waals surface area contributed by atoms with Gasteiger partial charge in [0.15, 0.2) is 6.04 Å². The maximum absolute atomic E-state index is 16.5. The molecule has 4 aromatic rings. The Balaban J connectivity index is 0.000000679. The molecule has 0 aromatic heterocycles. The molecule has 0 unspecified atom stereocenters. The average Bonchev–Trinajstić information content (AvgIpc) is 3.64. The van der Waals surface area contributed by atoms with E-state index in [-0.39, 0.29) is 30.1 Å². The molecule has 0 spiro atoms. The zero-order valence-electron chi connectivity index (χ0n) is 27.9. The van der Waals surface area contributed by atoms with Crippen LogP contribution in [0.5, 0.6) is 5.75 Å². The first-order chi connectivity index (χ1) is 24.5. The van der Waals surface area contributed by atoms with Crippen LogP contribution in [0.15, 0.2) is 95.9 Å². The third-order valence-electron chi connectivity index (χ3n) is 9.03. The van der Waals surface area contributed by atoms with Gasteiger partial charge in [-0.25, -0.2) is 13.2 Å². The molecule has 2 aliphatic rings. The van der Waals surface area contributed by atoms with E-state index in [1.165, 1.54) is 35.2 Å². The maximum Gasteiger partial charge on any atom is 0.490 e. The molecule has 1 atom stereocenters. The number of halogens is 5. The SMILES string of the molecule is NC1CCN(C(=O)[C@@H](NS(=O)(=O)c2ccc3cc(OC4CCCC4)ccc3c2)C(F)(F)c2cccc(-c3ccccc3)c2)CC1.O=C(O)C(F)(F)F. The number of aliphatic carboxylic acids is 1. The van der Waals surface area contributed by atoms with E-state index in [1.54, 1.807) is 48.5 Å². The molecule has 1 aliphatic carbocycles. The largest absolute Gasteiger partial charge is 0.490 e. The molecule has 4 N–H and O–H groups in total. The molecule has 0 radical (unpaired) electrons. The van der Waals surface area contributed by atoms with Crippen LogP contribution in [0.3, 0.4) is 0 Å². The molecule has 1 heterocycles. The summed E-state index contributed by atoms with van der Waals surface area (Å²) in [5, 5.41) is 8.48. The number of ether oxygens (including phenoxy) is 1. The maximum atomic E-state index is 16.5. The second kappa shape index (κ2) is 16.0. The standard InChI is InChI=1S/C35H37F2N3O4S.C2HF3O2/c36-35(37,28-10-6-9-25(21-28)24-7-2-1-3-8-24)33(34(41)40-19-17-29(38)18-20-40)39-45(42,43)32-16-14-26-22-31(15-13-27(26)23-32)44-30-11-4-5-12-30;3-2(4,5)1(6)7/h1-3,6-10,13-16,21-23,29-30,33,39H,4-5,11-12,17-20,38H2;(H,6,7)/t33-;/m1./s1. The Morgan fingerprint density at radius 1 is 0.808 bits per heavy atom. The van der Waals surface area contributed by atoms with Crippen LogP contribution in [-0.2, 0) is 25.5 Å². The predicted octanol–water partition coefficient (Wildman–Crippen LogP) is 6.85. The number of fused-ring (bicyclic) bond motifs is 1. The Labute approximate surface area is 297 Å². The van der Waals surface area contributed by atoms with Crippen LogP contribution >= 0.6 is 0 Å². The summed E-state index contributed by atoms with van der Waals surface area (Å²) in [5.74, 6) is -6.92. The van der Waals surface area contributed by atoms with Gasteiger partial charge < -0.3 is 20.5 Å². The second-order valence-corrected chi connectivity index (χ2v) is 14.5. The fraction of sp³-hybridized carbons (Fsp3) is 0.351. The molecule has 52 heavy (non-hydrogen) atoms. The first kappa shape index (κ1) is 38.6. The highest BCUT2D eigenvalue weighted by molar-refractivity contribution is 7.89. The number of rotatable bonds is 9. The average molecular weight is 748 g/mol. The minimum Gasteiger partial charge on any atom is -0.490 e. The number of nitrogens with two attached hydrogens (primary N) is 1. The number of hydrogen-bond donors (Lipinski definition) is 3. The predicted molar refractivity (Wildman–Crippen MR) is 184 cm³/mol. The van der Waals surface area contributed by atoms with E-state index in [0.29, 0.717) is 29.5 Å². The Hall–Kier alpha value is -4.60. The fourth-order valence-electron chi connectivity index (χ4n) is 6.15. The number of nitrogens with zero attached hydrogens (tertiary/aromatic N) is 1. The minimum absolute atomic E-state index is 0.145. The Morgan fingerprint density at radius 3 is 2.04 bits per heavy atom. The molecule has 1 aliphatic heterocycles. The molecule has 9 nitrogen and oxygen atoms in total. The lowest BCUT2D eigenvalue weighted by Crippen LogP contribution is -2.58. The summed E-state index contributed by atoms with van der Waals surface area (Å²) in [5.41, 5.74) is 6.77. The topological polar surface area (TPSA) is 139 Å². The van der Waals surface area contributed by atoms with E-state index < -0.39 is 45.6 Å². The molecular formula is C37H38F5N3O6S. The van der Waals surface area contributed by atoms with E-state index in [0.717, 1.165) is 36.6 Å². The van der Waals surface area contributed by atoms with Crippen molar-refractivity contribution in [1.29, 1.82) is 0 Å². The molecule has 1 amide bonds. The molecule has 0 bridgehead atoms. The number of carboxylic acid groups (broad SMARTS) is 1. The van der Waals surface area contributed by atoms with Gasteiger partial charge in [0.05, 0.1) is 11.0 Å². The van der Waals surface area contributed by atoms with Gasteiger partial charge >= 0.3 is 12.1 Å². The van der Waals surface area contributed by atoms with Gasteiger partial charge in [-0.05, 0) is 90.8 Å². The number of hydrogen-bond acceptors (Lipinski definition) is 6. The van der Waals surface area contributed by atoms with Crippen molar-refractivity contribution in [3.05, 3.63) is 96.6 Å². The van der Waals surface area contributed by atoms with E-state index in [2.05, 4.69) is 4.72 Å². The van der Waals surface area contributed by atoms with Gasteiger partial charge in [0, 0.05) is 24.7 Å². The fourth-order valence-corrected chi connectivity index (χ4v) is 7.37. The quantitative estimate of drug-likeness (QED) is 0.159. The number of amides is 1. The van der Waals surface area contributed by atoms with E-state index >= 15 is 8.78 Å². The van der Waals surface area contributed by atoms with E-state index in [4.69, 9.17) is 20.4 Å². The molecule has 4 aromatic carbocycles. The van der Waals surface area contributed by atoms with Gasteiger partial charge in [-0.3, -0.25) is 4.79 Å². The number of carbonyl (C=O) groups excluding carboxylic acids is 1. The number of carboxylic acids is 1. The third kappa shape index (κ3) is 9.43. The number of nitrogens with one attached hydrogen (secondary N) is 1. The lowest BCUT2D eigenvalue weighted by Gasteiger charge is -2.35. The van der Waals surface area contributed by atoms with E-state index in [9.17, 15) is 26.4 Å². The number of likely N-dealkylation sites (tertiary alicyclic amines) is 1. The molecule has 6 rings (SSSR count). The van der Waals surface area contributed by atoms with Crippen molar-refractivity contribution in [2.45, 2.75) is 73.7 Å². The van der Waals surface area contributed by atoms with Gasteiger partial charge in [-0.15, -0.1) is 0 Å². The zero-order chi connectivity index (χ0) is 37.7. The van der Waals surface area contributed by atoms with Crippen LogP contribution in [0.1, 0.15) is 44.1 Å². The summed E-state index contributed by atoms with van der Waals surface area (Å²) < 4.78 is 100. The van der Waals surface area contributed by atoms with Gasteiger partial charge in [-0.1, -0.05) is 60.7 Å². The number of piperidine rings is 1. The van der Waals surface area contributed by atoms with Crippen LogP contribution in [0.2, 0.25) is 0 Å². The number of alkyl halides is 5. The molecular weight excluding hydrogens is 709 g/mol. The first-order valence-corrected chi connectivity index (χ1v) is 18.1. The van der Waals surface area contributed by atoms with Crippen molar-refractivity contribution in [3.8, 4) is 16.9 Å². The highest BCUT2D eigenvalue weighted by Gasteiger charge is 2.50. The molecule has 1 saturated carbocycles. The molecule has 1 saturated heterocycles. The molecule has 278 valence electrons. The Bertz CT molecular complexity index is 1980. The van der Waals surface area contributed by atoms with Gasteiger partial charge in [0.25, 0.3) is 5.92 Å². The van der Waals surface area contributed by atoms with Crippen molar-refractivity contribution >= 4 is 32.7 Å². The zero-order valence-corrected chi connectivity index (χ0v) is 28.7. The summed E-state index contributed by atoms with van der Waals surface area (Å²) in [7, 11) is -4.56. The van der Waals surface area contributed by atoms with Crippen molar-refractivity contribution in [2.75, 3.05) is 13.1 Å². The summed E-state index contributed by atoms with van der Waals surface area (Å²) in [6.45, 7) is 0.333. The summed E-state index contributed by atoms with van der Waals surface area (Å²) in [6, 6.07) is 22.0. The van der Waals surface area contributed by atoms with Crippen LogP contribution in [0, 0.1) is 0 Å². The smallest absolute Gasteiger partial charge is 0.490 e. The highest BCUT2D eigenvalue weighted by Crippen LogP contribution is 2.37. The summed E-state index contributed by atoms with van der Waals surface area (Å²) in [6.07, 6.45) is 0.261. The van der Waals surface area contributed by atoms with Crippen molar-refractivity contribution in [3.63, 3.8) is 0 Å². The lowest BCUT2D eigenvalue weighted by molar-refractivity contribution is -0.192.